The van der Waals surface area contributed by atoms with Crippen LogP contribution in [0.5, 0.6) is 0 Å². The minimum absolute atomic E-state index is 0.0163. The maximum Gasteiger partial charge on any atom is 0.222 e. The predicted octanol–water partition coefficient (Wildman–Crippen LogP) is 1.32. The molecule has 1 heterocycles. The third-order valence-corrected chi connectivity index (χ3v) is 2.49. The fourth-order valence-electron chi connectivity index (χ4n) is 1.77. The second-order valence-corrected chi connectivity index (χ2v) is 5.52. The minimum Gasteiger partial charge on any atom is -0.369 e. The Balaban J connectivity index is 2.55. The normalized spacial score (nSPS) is 10.9. The monoisotopic (exact) mass is 263 g/mol. The Bertz CT molecular complexity index is 504. The van der Waals surface area contributed by atoms with Crippen molar-refractivity contribution < 1.29 is 4.79 Å². The molecule has 104 valence electrons. The Morgan fingerprint density at radius 1 is 1.47 bits per heavy atom. The van der Waals surface area contributed by atoms with Gasteiger partial charge in [-0.05, 0) is 27.7 Å². The van der Waals surface area contributed by atoms with Crippen molar-refractivity contribution in [2.45, 2.75) is 39.7 Å². The highest BCUT2D eigenvalue weighted by Gasteiger charge is 2.15. The number of carbonyl (C=O) groups excluding carboxylic acids is 1. The molecule has 0 aliphatic rings. The maximum absolute atomic E-state index is 11.7. The van der Waals surface area contributed by atoms with E-state index in [1.165, 1.54) is 0 Å². The molecule has 0 aliphatic heterocycles. The van der Waals surface area contributed by atoms with Crippen LogP contribution < -0.4 is 10.6 Å². The van der Waals surface area contributed by atoms with Crippen molar-refractivity contribution in [1.82, 2.24) is 15.1 Å². The molecule has 0 saturated heterocycles. The Morgan fingerprint density at radius 2 is 2.11 bits per heavy atom. The highest BCUT2D eigenvalue weighted by atomic mass is 16.1. The number of nitrogens with one attached hydrogen (secondary N) is 2. The molecule has 6 heteroatoms. The van der Waals surface area contributed by atoms with E-state index in [1.54, 1.807) is 18.7 Å². The average molecular weight is 263 g/mol. The lowest BCUT2D eigenvalue weighted by Gasteiger charge is -2.20. The summed E-state index contributed by atoms with van der Waals surface area (Å²) in [6, 6.07) is 2.11. The summed E-state index contributed by atoms with van der Waals surface area (Å²) in [7, 11) is 1.77. The summed E-state index contributed by atoms with van der Waals surface area (Å²) in [5.74, 6) is 0.640. The van der Waals surface area contributed by atoms with E-state index in [0.29, 0.717) is 30.0 Å². The van der Waals surface area contributed by atoms with Crippen LogP contribution in [0.4, 0.5) is 5.82 Å². The van der Waals surface area contributed by atoms with E-state index in [4.69, 9.17) is 5.26 Å². The van der Waals surface area contributed by atoms with Gasteiger partial charge in [0.05, 0.1) is 5.69 Å². The quantitative estimate of drug-likeness (QED) is 0.858. The number of hydrogen-bond acceptors (Lipinski definition) is 4. The molecule has 0 spiro atoms. The third kappa shape index (κ3) is 4.28. The van der Waals surface area contributed by atoms with Crippen molar-refractivity contribution in [3.63, 3.8) is 0 Å². The molecule has 0 saturated carbocycles. The van der Waals surface area contributed by atoms with Crippen molar-refractivity contribution >= 4 is 11.7 Å². The Morgan fingerprint density at radius 3 is 2.63 bits per heavy atom. The molecule has 19 heavy (non-hydrogen) atoms. The summed E-state index contributed by atoms with van der Waals surface area (Å²) in [4.78, 5) is 11.7. The van der Waals surface area contributed by atoms with Gasteiger partial charge < -0.3 is 10.6 Å². The second kappa shape index (κ2) is 5.74. The van der Waals surface area contributed by atoms with E-state index in [1.807, 2.05) is 20.8 Å². The van der Waals surface area contributed by atoms with E-state index < -0.39 is 0 Å². The van der Waals surface area contributed by atoms with Crippen LogP contribution in [0.1, 0.15) is 38.4 Å². The van der Waals surface area contributed by atoms with Gasteiger partial charge in [-0.2, -0.15) is 10.4 Å². The van der Waals surface area contributed by atoms with Gasteiger partial charge in [-0.15, -0.1) is 0 Å². The van der Waals surface area contributed by atoms with E-state index >= 15 is 0 Å². The number of nitriles is 1. The molecule has 0 bridgehead atoms. The fourth-order valence-corrected chi connectivity index (χ4v) is 1.77. The topological polar surface area (TPSA) is 82.7 Å². The molecule has 0 radical (unpaired) electrons. The van der Waals surface area contributed by atoms with Gasteiger partial charge in [-0.3, -0.25) is 9.48 Å². The van der Waals surface area contributed by atoms with Crippen molar-refractivity contribution in [3.05, 3.63) is 11.3 Å². The van der Waals surface area contributed by atoms with Crippen LogP contribution in [0.25, 0.3) is 0 Å². The number of carbonyl (C=O) groups is 1. The van der Waals surface area contributed by atoms with Gasteiger partial charge in [0.1, 0.15) is 17.5 Å². The molecule has 1 rings (SSSR count). The van der Waals surface area contributed by atoms with Gasteiger partial charge in [-0.1, -0.05) is 0 Å². The lowest BCUT2D eigenvalue weighted by Crippen LogP contribution is -2.41. The van der Waals surface area contributed by atoms with Crippen molar-refractivity contribution in [1.29, 1.82) is 5.26 Å². The van der Waals surface area contributed by atoms with E-state index in [9.17, 15) is 4.79 Å². The van der Waals surface area contributed by atoms with E-state index in [2.05, 4.69) is 21.8 Å². The van der Waals surface area contributed by atoms with Crippen molar-refractivity contribution in [2.24, 2.45) is 7.05 Å². The smallest absolute Gasteiger partial charge is 0.222 e. The van der Waals surface area contributed by atoms with Gasteiger partial charge >= 0.3 is 0 Å². The zero-order chi connectivity index (χ0) is 14.6. The van der Waals surface area contributed by atoms with E-state index in [-0.39, 0.29) is 11.4 Å². The van der Waals surface area contributed by atoms with Gasteiger partial charge in [0.2, 0.25) is 5.91 Å². The summed E-state index contributed by atoms with van der Waals surface area (Å²) >= 11 is 0. The van der Waals surface area contributed by atoms with Gasteiger partial charge in [0.25, 0.3) is 0 Å². The summed E-state index contributed by atoms with van der Waals surface area (Å²) in [6.07, 6.45) is 0.354. The molecule has 0 atom stereocenters. The van der Waals surface area contributed by atoms with Gasteiger partial charge in [-0.25, -0.2) is 0 Å². The minimum atomic E-state index is -0.224. The highest BCUT2D eigenvalue weighted by molar-refractivity contribution is 5.77. The Hall–Kier alpha value is -2.03. The first-order valence-corrected chi connectivity index (χ1v) is 6.23. The largest absolute Gasteiger partial charge is 0.369 e. The first-order chi connectivity index (χ1) is 8.74. The first-order valence-electron chi connectivity index (χ1n) is 6.23. The van der Waals surface area contributed by atoms with Crippen LogP contribution in [0.2, 0.25) is 0 Å². The highest BCUT2D eigenvalue weighted by Crippen LogP contribution is 2.16. The predicted molar refractivity (Wildman–Crippen MR) is 73.7 cm³/mol. The van der Waals surface area contributed by atoms with Crippen LogP contribution in [0, 0.1) is 18.3 Å². The fraction of sp³-hybridized carbons (Fsp3) is 0.615. The number of aromatic nitrogens is 2. The SMILES string of the molecule is Cc1nn(C)c(NCCC(=O)NC(C)(C)C)c1C#N. The van der Waals surface area contributed by atoms with E-state index in [0.717, 1.165) is 0 Å². The maximum atomic E-state index is 11.7. The molecule has 0 unspecified atom stereocenters. The van der Waals surface area contributed by atoms with Gasteiger partial charge in [0.15, 0.2) is 0 Å². The molecule has 1 aromatic rings. The van der Waals surface area contributed by atoms with Crippen LogP contribution in [-0.2, 0) is 11.8 Å². The summed E-state index contributed by atoms with van der Waals surface area (Å²) in [5.41, 5.74) is 0.989. The molecule has 0 aliphatic carbocycles. The van der Waals surface area contributed by atoms with Crippen LogP contribution in [0.3, 0.4) is 0 Å². The van der Waals surface area contributed by atoms with Gasteiger partial charge in [0, 0.05) is 25.6 Å². The standard InChI is InChI=1S/C13H21N5O/c1-9-10(8-14)12(18(5)17-9)15-7-6-11(19)16-13(2,3)4/h15H,6-7H2,1-5H3,(H,16,19). The molecule has 1 aromatic heterocycles. The number of nitrogens with zero attached hydrogens (tertiary/aromatic N) is 3. The molecule has 1 amide bonds. The molecule has 0 aromatic carbocycles. The van der Waals surface area contributed by atoms with Crippen molar-refractivity contribution in [3.8, 4) is 6.07 Å². The number of rotatable bonds is 4. The number of aryl methyl sites for hydroxylation is 2. The Labute approximate surface area is 113 Å². The lowest BCUT2D eigenvalue weighted by molar-refractivity contribution is -0.122. The number of amides is 1. The zero-order valence-corrected chi connectivity index (χ0v) is 12.2. The molecule has 2 N–H and O–H groups in total. The summed E-state index contributed by atoms with van der Waals surface area (Å²) in [6.45, 7) is 8.08. The molecular weight excluding hydrogens is 242 g/mol. The zero-order valence-electron chi connectivity index (χ0n) is 12.2. The van der Waals surface area contributed by atoms with Crippen LogP contribution in [0.15, 0.2) is 0 Å². The molecule has 0 fully saturated rings. The second-order valence-electron chi connectivity index (χ2n) is 5.52. The van der Waals surface area contributed by atoms with Crippen molar-refractivity contribution in [2.75, 3.05) is 11.9 Å². The van der Waals surface area contributed by atoms with Crippen LogP contribution >= 0.6 is 0 Å². The lowest BCUT2D eigenvalue weighted by atomic mass is 10.1. The number of hydrogen-bond donors (Lipinski definition) is 2. The number of anilines is 1. The molecule has 6 nitrogen and oxygen atoms in total. The van der Waals surface area contributed by atoms with Crippen LogP contribution in [-0.4, -0.2) is 27.8 Å². The third-order valence-electron chi connectivity index (χ3n) is 2.49. The first kappa shape index (κ1) is 15.0. The molecular formula is C13H21N5O. The summed E-state index contributed by atoms with van der Waals surface area (Å²) < 4.78 is 1.62. The average Bonchev–Trinajstić information content (AvgIpc) is 2.50. The Kier molecular flexibility index (Phi) is 4.54. The summed E-state index contributed by atoms with van der Waals surface area (Å²) in [5, 5.41) is 19.2.